The molecule has 142 valence electrons. The van der Waals surface area contributed by atoms with Gasteiger partial charge in [-0.15, -0.1) is 10.2 Å². The third-order valence-electron chi connectivity index (χ3n) is 4.96. The van der Waals surface area contributed by atoms with Gasteiger partial charge in [0.2, 0.25) is 0 Å². The summed E-state index contributed by atoms with van der Waals surface area (Å²) < 4.78 is 11.4. The lowest BCUT2D eigenvalue weighted by atomic mass is 9.98. The summed E-state index contributed by atoms with van der Waals surface area (Å²) in [6, 6.07) is 13.4. The van der Waals surface area contributed by atoms with Crippen LogP contribution in [-0.4, -0.2) is 59.6 Å². The molecule has 2 fully saturated rings. The van der Waals surface area contributed by atoms with Crippen molar-refractivity contribution >= 4 is 23.5 Å². The number of carbonyl (C=O) groups excluding carboxylic acids is 1. The summed E-state index contributed by atoms with van der Waals surface area (Å²) in [5, 5.41) is 8.50. The van der Waals surface area contributed by atoms with Crippen molar-refractivity contribution in [3.05, 3.63) is 53.2 Å². The molecule has 27 heavy (non-hydrogen) atoms. The third-order valence-corrected chi connectivity index (χ3v) is 5.17. The highest BCUT2D eigenvalue weighted by Crippen LogP contribution is 2.27. The van der Waals surface area contributed by atoms with E-state index in [1.54, 1.807) is 11.0 Å². The monoisotopic (exact) mass is 388 g/mol. The zero-order valence-electron chi connectivity index (χ0n) is 14.8. The smallest absolute Gasteiger partial charge is 0.410 e. The van der Waals surface area contributed by atoms with Gasteiger partial charge in [0.05, 0.1) is 25.3 Å². The van der Waals surface area contributed by atoms with Gasteiger partial charge in [-0.2, -0.15) is 0 Å². The van der Waals surface area contributed by atoms with E-state index in [2.05, 4.69) is 15.1 Å². The van der Waals surface area contributed by atoms with Crippen LogP contribution in [0.3, 0.4) is 0 Å². The maximum atomic E-state index is 12.4. The predicted octanol–water partition coefficient (Wildman–Crippen LogP) is 2.75. The summed E-state index contributed by atoms with van der Waals surface area (Å²) in [4.78, 5) is 16.4. The van der Waals surface area contributed by atoms with Gasteiger partial charge >= 0.3 is 6.09 Å². The molecule has 2 aromatic rings. The van der Waals surface area contributed by atoms with E-state index in [0.29, 0.717) is 24.8 Å². The van der Waals surface area contributed by atoms with Crippen molar-refractivity contribution in [1.29, 1.82) is 0 Å². The molecule has 0 bridgehead atoms. The summed E-state index contributed by atoms with van der Waals surface area (Å²) in [5.74, 6) is 0.790. The highest BCUT2D eigenvalue weighted by atomic mass is 35.5. The van der Waals surface area contributed by atoms with Gasteiger partial charge in [0.15, 0.2) is 11.0 Å². The highest BCUT2D eigenvalue weighted by Gasteiger charge is 2.39. The van der Waals surface area contributed by atoms with E-state index in [1.807, 2.05) is 36.4 Å². The number of likely N-dealkylation sites (tertiary alicyclic amines) is 1. The van der Waals surface area contributed by atoms with Gasteiger partial charge in [0, 0.05) is 13.1 Å². The maximum Gasteiger partial charge on any atom is 0.410 e. The summed E-state index contributed by atoms with van der Waals surface area (Å²) >= 11 is 5.84. The number of amides is 1. The Kier molecular flexibility index (Phi) is 5.40. The standard InChI is InChI=1S/C19H21ClN4O3/c20-17-6-7-18(22-21-17)24-10-11-26-16-12-23(9-8-15(16)24)19(25)27-13-14-4-2-1-3-5-14/h1-7,15-16H,8-13H2/t15-,16+/m1/s1. The van der Waals surface area contributed by atoms with Crippen molar-refractivity contribution in [3.63, 3.8) is 0 Å². The van der Waals surface area contributed by atoms with Gasteiger partial charge in [-0.3, -0.25) is 0 Å². The lowest BCUT2D eigenvalue weighted by molar-refractivity contribution is -0.0336. The molecule has 1 aromatic heterocycles. The number of piperidine rings is 1. The van der Waals surface area contributed by atoms with Crippen molar-refractivity contribution in [3.8, 4) is 0 Å². The first-order valence-corrected chi connectivity index (χ1v) is 9.41. The summed E-state index contributed by atoms with van der Waals surface area (Å²) in [6.45, 7) is 2.73. The molecule has 1 aromatic carbocycles. The number of halogens is 1. The number of rotatable bonds is 3. The van der Waals surface area contributed by atoms with Crippen LogP contribution >= 0.6 is 11.6 Å². The summed E-state index contributed by atoms with van der Waals surface area (Å²) in [6.07, 6.45) is 0.411. The summed E-state index contributed by atoms with van der Waals surface area (Å²) in [5.41, 5.74) is 0.974. The minimum Gasteiger partial charge on any atom is -0.445 e. The topological polar surface area (TPSA) is 67.8 Å². The number of hydrogen-bond donors (Lipinski definition) is 0. The molecule has 0 radical (unpaired) electrons. The van der Waals surface area contributed by atoms with Gasteiger partial charge in [-0.25, -0.2) is 4.79 Å². The fourth-order valence-corrected chi connectivity index (χ4v) is 3.72. The fourth-order valence-electron chi connectivity index (χ4n) is 3.62. The molecule has 8 heteroatoms. The summed E-state index contributed by atoms with van der Waals surface area (Å²) in [7, 11) is 0. The molecule has 1 amide bonds. The van der Waals surface area contributed by atoms with Crippen LogP contribution < -0.4 is 4.90 Å². The number of nitrogens with zero attached hydrogens (tertiary/aromatic N) is 4. The van der Waals surface area contributed by atoms with Gasteiger partial charge < -0.3 is 19.3 Å². The van der Waals surface area contributed by atoms with E-state index in [0.717, 1.165) is 24.3 Å². The fraction of sp³-hybridized carbons (Fsp3) is 0.421. The predicted molar refractivity (Wildman–Crippen MR) is 101 cm³/mol. The molecule has 3 heterocycles. The Morgan fingerprint density at radius 1 is 1.19 bits per heavy atom. The number of ether oxygens (including phenoxy) is 2. The van der Waals surface area contributed by atoms with Crippen LogP contribution in [0.25, 0.3) is 0 Å². The average molecular weight is 389 g/mol. The number of aromatic nitrogens is 2. The molecular weight excluding hydrogens is 368 g/mol. The van der Waals surface area contributed by atoms with Gasteiger partial charge in [-0.05, 0) is 24.1 Å². The first-order chi connectivity index (χ1) is 13.2. The van der Waals surface area contributed by atoms with Crippen molar-refractivity contribution in [2.45, 2.75) is 25.2 Å². The Balaban J connectivity index is 1.36. The van der Waals surface area contributed by atoms with Gasteiger partial charge in [0.1, 0.15) is 6.61 Å². The second kappa shape index (κ2) is 8.10. The number of morpholine rings is 1. The van der Waals surface area contributed by atoms with E-state index in [1.165, 1.54) is 0 Å². The minimum absolute atomic E-state index is 0.0748. The zero-order chi connectivity index (χ0) is 18.6. The molecule has 2 saturated heterocycles. The molecule has 0 unspecified atom stereocenters. The molecule has 0 spiro atoms. The van der Waals surface area contributed by atoms with E-state index in [9.17, 15) is 4.79 Å². The van der Waals surface area contributed by atoms with Gasteiger partial charge in [0.25, 0.3) is 0 Å². The Hall–Kier alpha value is -2.38. The Labute approximate surface area is 162 Å². The quantitative estimate of drug-likeness (QED) is 0.805. The molecule has 7 nitrogen and oxygen atoms in total. The van der Waals surface area contributed by atoms with Crippen molar-refractivity contribution in [1.82, 2.24) is 15.1 Å². The normalized spacial score (nSPS) is 22.3. The minimum atomic E-state index is -0.302. The molecule has 2 aliphatic heterocycles. The van der Waals surface area contributed by atoms with Crippen LogP contribution in [0.2, 0.25) is 5.15 Å². The first-order valence-electron chi connectivity index (χ1n) is 9.04. The number of hydrogen-bond acceptors (Lipinski definition) is 6. The van der Waals surface area contributed by atoms with Crippen LogP contribution in [0.5, 0.6) is 0 Å². The highest BCUT2D eigenvalue weighted by molar-refractivity contribution is 6.29. The number of carbonyl (C=O) groups is 1. The van der Waals surface area contributed by atoms with Crippen LogP contribution in [-0.2, 0) is 16.1 Å². The lowest BCUT2D eigenvalue weighted by Crippen LogP contribution is -2.60. The van der Waals surface area contributed by atoms with Crippen LogP contribution in [0.1, 0.15) is 12.0 Å². The van der Waals surface area contributed by atoms with E-state index in [4.69, 9.17) is 21.1 Å². The first kappa shape index (κ1) is 18.0. The molecule has 0 saturated carbocycles. The van der Waals surface area contributed by atoms with Crippen LogP contribution in [0, 0.1) is 0 Å². The van der Waals surface area contributed by atoms with Crippen molar-refractivity contribution in [2.75, 3.05) is 31.1 Å². The van der Waals surface area contributed by atoms with E-state index >= 15 is 0 Å². The second-order valence-corrected chi connectivity index (χ2v) is 7.05. The number of fused-ring (bicyclic) bond motifs is 1. The molecule has 2 aliphatic rings. The second-order valence-electron chi connectivity index (χ2n) is 6.66. The Morgan fingerprint density at radius 3 is 2.81 bits per heavy atom. The molecule has 0 aliphatic carbocycles. The Bertz CT molecular complexity index is 774. The van der Waals surface area contributed by atoms with Crippen molar-refractivity contribution in [2.24, 2.45) is 0 Å². The molecule has 0 N–H and O–H groups in total. The van der Waals surface area contributed by atoms with E-state index in [-0.39, 0.29) is 24.8 Å². The Morgan fingerprint density at radius 2 is 2.04 bits per heavy atom. The lowest BCUT2D eigenvalue weighted by Gasteiger charge is -2.46. The van der Waals surface area contributed by atoms with Crippen molar-refractivity contribution < 1.29 is 14.3 Å². The molecule has 4 rings (SSSR count). The average Bonchev–Trinajstić information content (AvgIpc) is 2.72. The van der Waals surface area contributed by atoms with Gasteiger partial charge in [-0.1, -0.05) is 41.9 Å². The zero-order valence-corrected chi connectivity index (χ0v) is 15.6. The van der Waals surface area contributed by atoms with Crippen LogP contribution in [0.15, 0.2) is 42.5 Å². The molecular formula is C19H21ClN4O3. The number of benzene rings is 1. The number of anilines is 1. The third kappa shape index (κ3) is 4.14. The maximum absolute atomic E-state index is 12.4. The van der Waals surface area contributed by atoms with Crippen LogP contribution in [0.4, 0.5) is 10.6 Å². The van der Waals surface area contributed by atoms with E-state index < -0.39 is 0 Å². The largest absolute Gasteiger partial charge is 0.445 e. The molecule has 2 atom stereocenters. The SMILES string of the molecule is O=C(OCc1ccccc1)N1CC[C@@H]2[C@H](C1)OCCN2c1ccc(Cl)nn1.